The number of nitro benzene ring substituents is 2. The number of halogens is 1. The van der Waals surface area contributed by atoms with E-state index in [4.69, 9.17) is 0 Å². The first-order chi connectivity index (χ1) is 15.9. The SMILES string of the molecule is O=[N+]([O-])c1ccccc1F.O=[N+]([O-])c1ccccc1Sc1ccccc1.SC1CCCCC1. The number of nitro groups is 2. The van der Waals surface area contributed by atoms with E-state index in [0.717, 1.165) is 22.3 Å². The molecule has 0 bridgehead atoms. The average molecular weight is 489 g/mol. The Labute approximate surface area is 201 Å². The molecule has 0 unspecified atom stereocenters. The van der Waals surface area contributed by atoms with Crippen LogP contribution in [0.5, 0.6) is 0 Å². The van der Waals surface area contributed by atoms with E-state index in [1.54, 1.807) is 18.2 Å². The highest BCUT2D eigenvalue weighted by atomic mass is 32.2. The molecule has 0 spiro atoms. The fraction of sp³-hybridized carbons (Fsp3) is 0.250. The molecule has 1 aliphatic carbocycles. The van der Waals surface area contributed by atoms with E-state index < -0.39 is 16.4 Å². The van der Waals surface area contributed by atoms with E-state index in [-0.39, 0.29) is 10.6 Å². The minimum atomic E-state index is -0.799. The van der Waals surface area contributed by atoms with E-state index in [1.807, 2.05) is 30.3 Å². The van der Waals surface area contributed by atoms with Crippen molar-refractivity contribution in [1.82, 2.24) is 0 Å². The van der Waals surface area contributed by atoms with Gasteiger partial charge in [-0.15, -0.1) is 0 Å². The van der Waals surface area contributed by atoms with Crippen molar-refractivity contribution in [2.45, 2.75) is 47.1 Å². The summed E-state index contributed by atoms with van der Waals surface area (Å²) in [6, 6.07) is 21.4. The summed E-state index contributed by atoms with van der Waals surface area (Å²) in [6.07, 6.45) is 6.96. The van der Waals surface area contributed by atoms with Crippen molar-refractivity contribution < 1.29 is 14.2 Å². The van der Waals surface area contributed by atoms with Crippen molar-refractivity contribution >= 4 is 35.8 Å². The first-order valence-corrected chi connectivity index (χ1v) is 11.7. The van der Waals surface area contributed by atoms with Gasteiger partial charge < -0.3 is 0 Å². The van der Waals surface area contributed by atoms with Crippen molar-refractivity contribution in [1.29, 1.82) is 0 Å². The molecule has 0 atom stereocenters. The summed E-state index contributed by atoms with van der Waals surface area (Å²) in [5, 5.41) is 21.5. The van der Waals surface area contributed by atoms with Crippen LogP contribution in [0, 0.1) is 26.0 Å². The number of hydrogen-bond acceptors (Lipinski definition) is 6. The molecule has 33 heavy (non-hydrogen) atoms. The Morgan fingerprint density at radius 1 is 0.758 bits per heavy atom. The molecule has 1 fully saturated rings. The van der Waals surface area contributed by atoms with Gasteiger partial charge in [0.05, 0.1) is 14.7 Å². The maximum Gasteiger partial charge on any atom is 0.304 e. The molecule has 0 saturated heterocycles. The first kappa shape index (κ1) is 26.3. The molecule has 1 saturated carbocycles. The minimum absolute atomic E-state index is 0.149. The molecule has 1 aliphatic rings. The number of thiol groups is 1. The summed E-state index contributed by atoms with van der Waals surface area (Å²) in [7, 11) is 0. The van der Waals surface area contributed by atoms with E-state index in [1.165, 1.54) is 62.1 Å². The Morgan fingerprint density at radius 3 is 1.76 bits per heavy atom. The molecule has 6 nitrogen and oxygen atoms in total. The third-order valence-electron chi connectivity index (χ3n) is 4.66. The molecular weight excluding hydrogens is 463 g/mol. The van der Waals surface area contributed by atoms with Crippen molar-refractivity contribution in [3.8, 4) is 0 Å². The highest BCUT2D eigenvalue weighted by Gasteiger charge is 2.13. The summed E-state index contributed by atoms with van der Waals surface area (Å²) < 4.78 is 12.4. The van der Waals surface area contributed by atoms with Gasteiger partial charge in [0.25, 0.3) is 5.69 Å². The zero-order valence-electron chi connectivity index (χ0n) is 17.9. The number of nitrogens with zero attached hydrogens (tertiary/aromatic N) is 2. The largest absolute Gasteiger partial charge is 0.304 e. The van der Waals surface area contributed by atoms with Crippen LogP contribution in [0.1, 0.15) is 32.1 Å². The van der Waals surface area contributed by atoms with Gasteiger partial charge in [-0.2, -0.15) is 17.0 Å². The predicted molar refractivity (Wildman–Crippen MR) is 133 cm³/mol. The summed E-state index contributed by atoms with van der Waals surface area (Å²) in [5.41, 5.74) is -0.334. The lowest BCUT2D eigenvalue weighted by Crippen LogP contribution is -2.03. The normalized spacial score (nSPS) is 13.0. The number of rotatable bonds is 4. The first-order valence-electron chi connectivity index (χ1n) is 10.4. The summed E-state index contributed by atoms with van der Waals surface area (Å²) in [4.78, 5) is 21.3. The van der Waals surface area contributed by atoms with E-state index in [0.29, 0.717) is 4.90 Å². The topological polar surface area (TPSA) is 86.3 Å². The number of para-hydroxylation sites is 2. The van der Waals surface area contributed by atoms with Gasteiger partial charge in [-0.05, 0) is 37.1 Å². The summed E-state index contributed by atoms with van der Waals surface area (Å²) in [5.74, 6) is -0.799. The van der Waals surface area contributed by atoms with Crippen LogP contribution in [0.2, 0.25) is 0 Å². The van der Waals surface area contributed by atoms with Gasteiger partial charge >= 0.3 is 5.69 Å². The minimum Gasteiger partial charge on any atom is -0.258 e. The lowest BCUT2D eigenvalue weighted by Gasteiger charge is -2.14. The smallest absolute Gasteiger partial charge is 0.258 e. The molecule has 4 rings (SSSR count). The number of hydrogen-bond donors (Lipinski definition) is 1. The van der Waals surface area contributed by atoms with Crippen LogP contribution >= 0.6 is 24.4 Å². The molecule has 3 aromatic rings. The van der Waals surface area contributed by atoms with Gasteiger partial charge in [0.15, 0.2) is 0 Å². The van der Waals surface area contributed by atoms with E-state index >= 15 is 0 Å². The molecule has 3 aromatic carbocycles. The lowest BCUT2D eigenvalue weighted by molar-refractivity contribution is -0.387. The average Bonchev–Trinajstić information content (AvgIpc) is 2.81. The van der Waals surface area contributed by atoms with E-state index in [9.17, 15) is 24.6 Å². The van der Waals surface area contributed by atoms with Crippen molar-refractivity contribution in [2.75, 3.05) is 0 Å². The van der Waals surface area contributed by atoms with Crippen LogP contribution in [0.25, 0.3) is 0 Å². The maximum absolute atomic E-state index is 12.4. The monoisotopic (exact) mass is 488 g/mol. The lowest BCUT2D eigenvalue weighted by atomic mass is 10.0. The molecule has 9 heteroatoms. The Balaban J connectivity index is 0.000000193. The Kier molecular flexibility index (Phi) is 11.4. The second kappa shape index (κ2) is 14.3. The van der Waals surface area contributed by atoms with Crippen molar-refractivity contribution in [2.24, 2.45) is 0 Å². The molecule has 0 N–H and O–H groups in total. The maximum atomic E-state index is 12.4. The predicted octanol–water partition coefficient (Wildman–Crippen LogP) is 7.73. The molecule has 0 amide bonds. The van der Waals surface area contributed by atoms with Crippen molar-refractivity contribution in [3.05, 3.63) is 105 Å². The third-order valence-corrected chi connectivity index (χ3v) is 6.25. The fourth-order valence-corrected chi connectivity index (χ4v) is 4.30. The highest BCUT2D eigenvalue weighted by Crippen LogP contribution is 2.34. The van der Waals surface area contributed by atoms with Crippen LogP contribution in [-0.4, -0.2) is 15.1 Å². The van der Waals surface area contributed by atoms with Gasteiger partial charge in [0.2, 0.25) is 5.82 Å². The van der Waals surface area contributed by atoms with Gasteiger partial charge in [-0.25, -0.2) is 0 Å². The summed E-state index contributed by atoms with van der Waals surface area (Å²) >= 11 is 5.76. The molecule has 0 aliphatic heterocycles. The zero-order valence-corrected chi connectivity index (χ0v) is 19.6. The van der Waals surface area contributed by atoms with Crippen LogP contribution in [0.15, 0.2) is 88.7 Å². The quantitative estimate of drug-likeness (QED) is 0.231. The van der Waals surface area contributed by atoms with Crippen LogP contribution in [0.4, 0.5) is 15.8 Å². The van der Waals surface area contributed by atoms with Crippen LogP contribution in [-0.2, 0) is 0 Å². The number of benzene rings is 3. The summed E-state index contributed by atoms with van der Waals surface area (Å²) in [6.45, 7) is 0. The van der Waals surface area contributed by atoms with Gasteiger partial charge in [-0.1, -0.05) is 73.5 Å². The molecular formula is C24H25FN2O4S2. The van der Waals surface area contributed by atoms with Gasteiger partial charge in [-0.3, -0.25) is 20.2 Å². The van der Waals surface area contributed by atoms with Gasteiger partial charge in [0, 0.05) is 22.3 Å². The Bertz CT molecular complexity index is 1030. The second-order valence-electron chi connectivity index (χ2n) is 7.14. The highest BCUT2D eigenvalue weighted by molar-refractivity contribution is 7.99. The third kappa shape index (κ3) is 9.63. The standard InChI is InChI=1S/C12H9NO2S.C6H4FNO2.C6H12S/c14-13(15)11-8-4-5-9-12(11)16-10-6-2-1-3-7-10;7-5-3-1-2-4-6(5)8(9)10;7-6-4-2-1-3-5-6/h1-9H;1-4H;6-7H,1-5H2. The van der Waals surface area contributed by atoms with E-state index in [2.05, 4.69) is 12.6 Å². The van der Waals surface area contributed by atoms with Crippen LogP contribution < -0.4 is 0 Å². The Hall–Kier alpha value is -2.91. The molecule has 174 valence electrons. The fourth-order valence-electron chi connectivity index (χ4n) is 2.99. The zero-order chi connectivity index (χ0) is 24.1. The molecule has 0 heterocycles. The van der Waals surface area contributed by atoms with Crippen molar-refractivity contribution in [3.63, 3.8) is 0 Å². The van der Waals surface area contributed by atoms with Crippen LogP contribution in [0.3, 0.4) is 0 Å². The Morgan fingerprint density at radius 2 is 1.27 bits per heavy atom. The van der Waals surface area contributed by atoms with Gasteiger partial charge in [0.1, 0.15) is 0 Å². The second-order valence-corrected chi connectivity index (χ2v) is 8.99. The molecule has 0 radical (unpaired) electrons. The molecule has 0 aromatic heterocycles.